The molecule has 8 nitrogen and oxygen atoms in total. The van der Waals surface area contributed by atoms with Crippen LogP contribution in [0.25, 0.3) is 0 Å². The molecule has 2 saturated heterocycles. The second-order valence-electron chi connectivity index (χ2n) is 6.63. The van der Waals surface area contributed by atoms with Crippen LogP contribution < -0.4 is 10.1 Å². The number of likely N-dealkylation sites (N-methyl/N-ethyl adjacent to an activating group) is 1. The second kappa shape index (κ2) is 6.88. The highest BCUT2D eigenvalue weighted by Crippen LogP contribution is 2.34. The van der Waals surface area contributed by atoms with Crippen molar-refractivity contribution in [3.8, 4) is 5.75 Å². The van der Waals surface area contributed by atoms with Crippen molar-refractivity contribution in [3.05, 3.63) is 23.8 Å². The monoisotopic (exact) mass is 381 g/mol. The summed E-state index contributed by atoms with van der Waals surface area (Å²) in [4.78, 5) is 25.6. The van der Waals surface area contributed by atoms with Gasteiger partial charge in [0.15, 0.2) is 0 Å². The Hall–Kier alpha value is -2.13. The summed E-state index contributed by atoms with van der Waals surface area (Å²) in [6.45, 7) is 0.641. The average molecular weight is 381 g/mol. The number of likely N-dealkylation sites (tertiary alicyclic amines) is 1. The number of sulfonamides is 1. The molecule has 1 aromatic carbocycles. The number of fused-ring (bicyclic) bond motifs is 1. The molecule has 2 amide bonds. The zero-order valence-electron chi connectivity index (χ0n) is 15.1. The number of hydrogen-bond donors (Lipinski definition) is 1. The molecule has 0 bridgehead atoms. The molecule has 3 rings (SSSR count). The number of rotatable bonds is 4. The topological polar surface area (TPSA) is 96.0 Å². The summed E-state index contributed by atoms with van der Waals surface area (Å²) in [7, 11) is 0.849. The highest BCUT2D eigenvalue weighted by molar-refractivity contribution is 7.89. The van der Waals surface area contributed by atoms with Crippen molar-refractivity contribution in [1.29, 1.82) is 0 Å². The van der Waals surface area contributed by atoms with Crippen LogP contribution >= 0.6 is 0 Å². The Morgan fingerprint density at radius 3 is 2.73 bits per heavy atom. The zero-order chi connectivity index (χ0) is 19.1. The Labute approximate surface area is 153 Å². The Morgan fingerprint density at radius 2 is 2.08 bits per heavy atom. The number of ether oxygens (including phenoxy) is 1. The zero-order valence-corrected chi connectivity index (χ0v) is 15.9. The number of piperidine rings is 1. The van der Waals surface area contributed by atoms with E-state index < -0.39 is 15.9 Å². The minimum atomic E-state index is -3.77. The predicted octanol–water partition coefficient (Wildman–Crippen LogP) is 0.296. The average Bonchev–Trinajstić information content (AvgIpc) is 2.94. The maximum absolute atomic E-state index is 13.1. The van der Waals surface area contributed by atoms with E-state index in [1.165, 1.54) is 36.7 Å². The van der Waals surface area contributed by atoms with Crippen LogP contribution in [0, 0.1) is 5.92 Å². The van der Waals surface area contributed by atoms with Crippen LogP contribution in [-0.4, -0.2) is 69.8 Å². The van der Waals surface area contributed by atoms with E-state index in [2.05, 4.69) is 5.32 Å². The van der Waals surface area contributed by atoms with Gasteiger partial charge in [0.1, 0.15) is 5.75 Å². The van der Waals surface area contributed by atoms with Gasteiger partial charge in [-0.2, -0.15) is 4.31 Å². The van der Waals surface area contributed by atoms with Crippen molar-refractivity contribution in [2.24, 2.45) is 5.92 Å². The van der Waals surface area contributed by atoms with E-state index in [0.29, 0.717) is 25.1 Å². The van der Waals surface area contributed by atoms with Crippen LogP contribution in [0.4, 0.5) is 0 Å². The van der Waals surface area contributed by atoms with Gasteiger partial charge in [0.25, 0.3) is 5.91 Å². The van der Waals surface area contributed by atoms with Gasteiger partial charge in [-0.3, -0.25) is 9.59 Å². The first-order chi connectivity index (χ1) is 12.3. The highest BCUT2D eigenvalue weighted by atomic mass is 32.2. The number of nitrogens with one attached hydrogen (secondary N) is 1. The molecule has 1 N–H and O–H groups in total. The van der Waals surface area contributed by atoms with Gasteiger partial charge in [0.2, 0.25) is 15.9 Å². The van der Waals surface area contributed by atoms with Crippen molar-refractivity contribution in [1.82, 2.24) is 14.5 Å². The number of amides is 2. The van der Waals surface area contributed by atoms with E-state index in [1.807, 2.05) is 0 Å². The van der Waals surface area contributed by atoms with Gasteiger partial charge in [-0.1, -0.05) is 0 Å². The first-order valence-electron chi connectivity index (χ1n) is 8.45. The van der Waals surface area contributed by atoms with Crippen molar-refractivity contribution in [2.45, 2.75) is 23.8 Å². The first kappa shape index (κ1) is 18.7. The molecule has 2 heterocycles. The molecule has 26 heavy (non-hydrogen) atoms. The smallest absolute Gasteiger partial charge is 0.254 e. The molecule has 0 unspecified atom stereocenters. The fourth-order valence-corrected chi connectivity index (χ4v) is 5.21. The molecule has 2 aliphatic rings. The Balaban J connectivity index is 1.91. The van der Waals surface area contributed by atoms with Crippen molar-refractivity contribution < 1.29 is 22.7 Å². The minimum absolute atomic E-state index is 0.0438. The third-order valence-corrected chi connectivity index (χ3v) is 7.15. The molecule has 2 fully saturated rings. The van der Waals surface area contributed by atoms with E-state index >= 15 is 0 Å². The van der Waals surface area contributed by atoms with Gasteiger partial charge in [-0.05, 0) is 30.5 Å². The van der Waals surface area contributed by atoms with Gasteiger partial charge >= 0.3 is 0 Å². The Morgan fingerprint density at radius 1 is 1.35 bits per heavy atom. The lowest BCUT2D eigenvalue weighted by Gasteiger charge is -2.36. The molecule has 0 saturated carbocycles. The van der Waals surface area contributed by atoms with Crippen LogP contribution in [0.3, 0.4) is 0 Å². The number of carbonyl (C=O) groups excluding carboxylic acids is 2. The van der Waals surface area contributed by atoms with E-state index in [4.69, 9.17) is 4.74 Å². The van der Waals surface area contributed by atoms with Gasteiger partial charge in [-0.15, -0.1) is 0 Å². The first-order valence-corrected chi connectivity index (χ1v) is 9.89. The summed E-state index contributed by atoms with van der Waals surface area (Å²) in [5.74, 6) is 0.156. The second-order valence-corrected chi connectivity index (χ2v) is 8.57. The maximum Gasteiger partial charge on any atom is 0.254 e. The summed E-state index contributed by atoms with van der Waals surface area (Å²) in [6.07, 6.45) is 1.14. The SMILES string of the molecule is CNC(=O)c1cc(S(=O)(=O)N2CC[C@@H]3CC(=O)N(C)[C@@H]3C2)ccc1OC. The fourth-order valence-electron chi connectivity index (χ4n) is 3.71. The van der Waals surface area contributed by atoms with Crippen molar-refractivity contribution in [2.75, 3.05) is 34.3 Å². The predicted molar refractivity (Wildman–Crippen MR) is 94.4 cm³/mol. The summed E-state index contributed by atoms with van der Waals surface area (Å²) < 4.78 is 32.7. The summed E-state index contributed by atoms with van der Waals surface area (Å²) in [5, 5.41) is 2.48. The van der Waals surface area contributed by atoms with E-state index in [-0.39, 0.29) is 34.9 Å². The van der Waals surface area contributed by atoms with Gasteiger partial charge in [0, 0.05) is 39.6 Å². The molecule has 0 spiro atoms. The number of nitrogens with zero attached hydrogens (tertiary/aromatic N) is 2. The van der Waals surface area contributed by atoms with Crippen LogP contribution in [0.2, 0.25) is 0 Å². The molecular weight excluding hydrogens is 358 g/mol. The lowest BCUT2D eigenvalue weighted by molar-refractivity contribution is -0.127. The molecular formula is C17H23N3O5S. The van der Waals surface area contributed by atoms with Crippen LogP contribution in [0.15, 0.2) is 23.1 Å². The van der Waals surface area contributed by atoms with Crippen molar-refractivity contribution in [3.63, 3.8) is 0 Å². The lowest BCUT2D eigenvalue weighted by atomic mass is 9.93. The fraction of sp³-hybridized carbons (Fsp3) is 0.529. The van der Waals surface area contributed by atoms with Crippen molar-refractivity contribution >= 4 is 21.8 Å². The van der Waals surface area contributed by atoms with Gasteiger partial charge in [-0.25, -0.2) is 8.42 Å². The van der Waals surface area contributed by atoms with Crippen LogP contribution in [0.1, 0.15) is 23.2 Å². The van der Waals surface area contributed by atoms with E-state index in [0.717, 1.165) is 0 Å². The molecule has 0 aliphatic carbocycles. The number of carbonyl (C=O) groups is 2. The molecule has 142 valence electrons. The van der Waals surface area contributed by atoms with Gasteiger partial charge < -0.3 is 15.0 Å². The maximum atomic E-state index is 13.1. The van der Waals surface area contributed by atoms with Crippen LogP contribution in [-0.2, 0) is 14.8 Å². The number of hydrogen-bond acceptors (Lipinski definition) is 5. The summed E-state index contributed by atoms with van der Waals surface area (Å²) >= 11 is 0. The van der Waals surface area contributed by atoms with Gasteiger partial charge in [0.05, 0.1) is 17.6 Å². The quantitative estimate of drug-likeness (QED) is 0.809. The molecule has 0 aromatic heterocycles. The molecule has 0 radical (unpaired) electrons. The number of benzene rings is 1. The van der Waals surface area contributed by atoms with E-state index in [1.54, 1.807) is 11.9 Å². The third-order valence-electron chi connectivity index (χ3n) is 5.29. The van der Waals surface area contributed by atoms with E-state index in [9.17, 15) is 18.0 Å². The normalized spacial score (nSPS) is 23.7. The molecule has 1 aromatic rings. The molecule has 9 heteroatoms. The Bertz CT molecular complexity index is 839. The minimum Gasteiger partial charge on any atom is -0.496 e. The van der Waals surface area contributed by atoms with Crippen LogP contribution in [0.5, 0.6) is 5.75 Å². The molecule has 2 aliphatic heterocycles. The molecule has 2 atom stereocenters. The third kappa shape index (κ3) is 3.05. The lowest BCUT2D eigenvalue weighted by Crippen LogP contribution is -2.49. The summed E-state index contributed by atoms with van der Waals surface area (Å²) in [5.41, 5.74) is 0.166. The highest BCUT2D eigenvalue weighted by Gasteiger charge is 2.44. The summed E-state index contributed by atoms with van der Waals surface area (Å²) in [6, 6.07) is 4.16. The largest absolute Gasteiger partial charge is 0.496 e. The number of methoxy groups -OCH3 is 1. The Kier molecular flexibility index (Phi) is 4.94. The standard InChI is InChI=1S/C17H23N3O5S/c1-18-17(22)13-9-12(4-5-15(13)25-3)26(23,24)20-7-6-11-8-16(21)19(2)14(11)10-20/h4-5,9,11,14H,6-8,10H2,1-3H3,(H,18,22)/t11-,14-/m1/s1.